The number of rotatable bonds is 2. The van der Waals surface area contributed by atoms with E-state index in [9.17, 15) is 40.3 Å². The highest BCUT2D eigenvalue weighted by atomic mass is 19.4. The monoisotopic (exact) mass is 394 g/mol. The zero-order chi connectivity index (χ0) is 20.4. The van der Waals surface area contributed by atoms with E-state index < -0.39 is 46.8 Å². The maximum absolute atomic E-state index is 13.0. The van der Waals surface area contributed by atoms with E-state index in [1.165, 1.54) is 12.1 Å². The molecule has 2 rings (SSSR count). The van der Waals surface area contributed by atoms with Gasteiger partial charge in [-0.2, -0.15) is 26.3 Å². The Balaban J connectivity index is 2.24. The molecule has 0 atom stereocenters. The predicted octanol–water partition coefficient (Wildman–Crippen LogP) is 4.44. The molecule has 144 valence electrons. The maximum Gasteiger partial charge on any atom is 0.416 e. The van der Waals surface area contributed by atoms with Gasteiger partial charge in [0, 0.05) is 11.4 Å². The molecule has 0 unspecified atom stereocenters. The number of alkyl halides is 6. The number of carbonyl (C=O) groups excluding carboxylic acids is 2. The lowest BCUT2D eigenvalue weighted by Crippen LogP contribution is -2.29. The van der Waals surface area contributed by atoms with E-state index in [0.29, 0.717) is 0 Å². The SMILES string of the molecule is O=C(Nc1cccc(F)c1)C(=O)Nc1cc(C(F)(F)F)cc(C(F)(F)F)c1. The Morgan fingerprint density at radius 3 is 1.63 bits per heavy atom. The van der Waals surface area contributed by atoms with Gasteiger partial charge in [-0.05, 0) is 36.4 Å². The third kappa shape index (κ3) is 5.43. The van der Waals surface area contributed by atoms with E-state index >= 15 is 0 Å². The van der Waals surface area contributed by atoms with E-state index in [1.54, 1.807) is 5.32 Å². The first-order valence-electron chi connectivity index (χ1n) is 7.03. The second-order valence-corrected chi connectivity index (χ2v) is 5.21. The molecule has 0 aromatic heterocycles. The predicted molar refractivity (Wildman–Crippen MR) is 80.1 cm³/mol. The van der Waals surface area contributed by atoms with Gasteiger partial charge < -0.3 is 10.6 Å². The van der Waals surface area contributed by atoms with E-state index in [2.05, 4.69) is 0 Å². The van der Waals surface area contributed by atoms with Crippen LogP contribution in [0.25, 0.3) is 0 Å². The largest absolute Gasteiger partial charge is 0.416 e. The second kappa shape index (κ2) is 7.25. The molecule has 0 aliphatic carbocycles. The fourth-order valence-electron chi connectivity index (χ4n) is 1.97. The van der Waals surface area contributed by atoms with Crippen molar-refractivity contribution in [1.82, 2.24) is 0 Å². The Morgan fingerprint density at radius 2 is 1.19 bits per heavy atom. The lowest BCUT2D eigenvalue weighted by atomic mass is 10.1. The number of carbonyl (C=O) groups is 2. The summed E-state index contributed by atoms with van der Waals surface area (Å²) in [6.45, 7) is 0. The van der Waals surface area contributed by atoms with Crippen LogP contribution < -0.4 is 10.6 Å². The highest BCUT2D eigenvalue weighted by Gasteiger charge is 2.37. The molecule has 0 aliphatic heterocycles. The lowest BCUT2D eigenvalue weighted by molar-refractivity contribution is -0.143. The van der Waals surface area contributed by atoms with Crippen LogP contribution in [0.1, 0.15) is 11.1 Å². The van der Waals surface area contributed by atoms with Crippen LogP contribution >= 0.6 is 0 Å². The molecule has 0 bridgehead atoms. The minimum absolute atomic E-state index is 0.123. The fourth-order valence-corrected chi connectivity index (χ4v) is 1.97. The van der Waals surface area contributed by atoms with Crippen molar-refractivity contribution < 1.29 is 40.3 Å². The van der Waals surface area contributed by atoms with Gasteiger partial charge in [-0.1, -0.05) is 6.07 Å². The summed E-state index contributed by atoms with van der Waals surface area (Å²) in [4.78, 5) is 23.4. The number of anilines is 2. The van der Waals surface area contributed by atoms with Gasteiger partial charge in [0.1, 0.15) is 5.82 Å². The first kappa shape index (κ1) is 20.2. The van der Waals surface area contributed by atoms with Gasteiger partial charge >= 0.3 is 24.2 Å². The smallest absolute Gasteiger partial charge is 0.318 e. The Bertz CT molecular complexity index is 844. The molecule has 0 saturated carbocycles. The molecule has 4 nitrogen and oxygen atoms in total. The molecule has 11 heteroatoms. The quantitative estimate of drug-likeness (QED) is 0.585. The Hall–Kier alpha value is -3.11. The molecule has 0 heterocycles. The summed E-state index contributed by atoms with van der Waals surface area (Å²) in [6.07, 6.45) is -10.2. The van der Waals surface area contributed by atoms with Crippen LogP contribution in [0.4, 0.5) is 42.1 Å². The molecule has 27 heavy (non-hydrogen) atoms. The van der Waals surface area contributed by atoms with Gasteiger partial charge in [0.25, 0.3) is 0 Å². The van der Waals surface area contributed by atoms with Crippen LogP contribution in [0, 0.1) is 5.82 Å². The molecule has 0 saturated heterocycles. The summed E-state index contributed by atoms with van der Waals surface area (Å²) in [5.74, 6) is -3.68. The molecule has 2 N–H and O–H groups in total. The van der Waals surface area contributed by atoms with Gasteiger partial charge in [-0.15, -0.1) is 0 Å². The first-order chi connectivity index (χ1) is 12.4. The molecule has 0 spiro atoms. The third-order valence-electron chi connectivity index (χ3n) is 3.13. The summed E-state index contributed by atoms with van der Waals surface area (Å²) in [5, 5.41) is 3.61. The summed E-state index contributed by atoms with van der Waals surface area (Å²) in [6, 6.07) is 4.73. The number of benzene rings is 2. The molecule has 2 aromatic rings. The molecular formula is C16H9F7N2O2. The number of amides is 2. The second-order valence-electron chi connectivity index (χ2n) is 5.21. The summed E-state index contributed by atoms with van der Waals surface area (Å²) < 4.78 is 89.6. The van der Waals surface area contributed by atoms with Crippen LogP contribution in [0.3, 0.4) is 0 Å². The number of halogens is 7. The fraction of sp³-hybridized carbons (Fsp3) is 0.125. The van der Waals surface area contributed by atoms with Crippen molar-refractivity contribution in [3.63, 3.8) is 0 Å². The van der Waals surface area contributed by atoms with Gasteiger partial charge in [0.2, 0.25) is 0 Å². The minimum atomic E-state index is -5.11. The van der Waals surface area contributed by atoms with Crippen LogP contribution in [0.2, 0.25) is 0 Å². The minimum Gasteiger partial charge on any atom is -0.318 e. The van der Waals surface area contributed by atoms with Crippen LogP contribution in [-0.2, 0) is 21.9 Å². The van der Waals surface area contributed by atoms with Crippen molar-refractivity contribution in [2.24, 2.45) is 0 Å². The average molecular weight is 394 g/mol. The van der Waals surface area contributed by atoms with Crippen LogP contribution in [0.15, 0.2) is 42.5 Å². The maximum atomic E-state index is 13.0. The van der Waals surface area contributed by atoms with E-state index in [1.807, 2.05) is 5.32 Å². The zero-order valence-corrected chi connectivity index (χ0v) is 13.0. The normalized spacial score (nSPS) is 11.8. The van der Waals surface area contributed by atoms with Gasteiger partial charge in [-0.25, -0.2) is 4.39 Å². The molecule has 0 fully saturated rings. The molecule has 2 amide bonds. The third-order valence-corrected chi connectivity index (χ3v) is 3.13. The highest BCUT2D eigenvalue weighted by molar-refractivity contribution is 6.43. The first-order valence-corrected chi connectivity index (χ1v) is 7.03. The van der Waals surface area contributed by atoms with Crippen molar-refractivity contribution in [3.8, 4) is 0 Å². The molecule has 0 radical (unpaired) electrons. The van der Waals surface area contributed by atoms with Crippen LogP contribution in [-0.4, -0.2) is 11.8 Å². The van der Waals surface area contributed by atoms with E-state index in [4.69, 9.17) is 0 Å². The standard InChI is InChI=1S/C16H9F7N2O2/c17-10-2-1-3-11(7-10)24-13(26)14(27)25-12-5-8(15(18,19)20)4-9(6-12)16(21,22)23/h1-7H,(H,24,26)(H,25,27). The van der Waals surface area contributed by atoms with Crippen molar-refractivity contribution in [3.05, 3.63) is 59.4 Å². The Morgan fingerprint density at radius 1 is 0.704 bits per heavy atom. The average Bonchev–Trinajstić information content (AvgIpc) is 2.52. The summed E-state index contributed by atoms with van der Waals surface area (Å²) in [7, 11) is 0. The topological polar surface area (TPSA) is 58.2 Å². The van der Waals surface area contributed by atoms with Crippen molar-refractivity contribution in [2.75, 3.05) is 10.6 Å². The summed E-state index contributed by atoms with van der Waals surface area (Å²) in [5.41, 5.74) is -4.32. The zero-order valence-electron chi connectivity index (χ0n) is 13.0. The van der Waals surface area contributed by atoms with Crippen molar-refractivity contribution in [1.29, 1.82) is 0 Å². The number of nitrogens with one attached hydrogen (secondary N) is 2. The van der Waals surface area contributed by atoms with Crippen molar-refractivity contribution in [2.45, 2.75) is 12.4 Å². The van der Waals surface area contributed by atoms with Gasteiger partial charge in [0.15, 0.2) is 0 Å². The lowest BCUT2D eigenvalue weighted by Gasteiger charge is -2.14. The van der Waals surface area contributed by atoms with Crippen molar-refractivity contribution >= 4 is 23.2 Å². The molecule has 2 aromatic carbocycles. The van der Waals surface area contributed by atoms with Gasteiger partial charge in [-0.3, -0.25) is 9.59 Å². The molecular weight excluding hydrogens is 385 g/mol. The summed E-state index contributed by atoms with van der Waals surface area (Å²) >= 11 is 0. The molecule has 0 aliphatic rings. The Kier molecular flexibility index (Phi) is 5.43. The van der Waals surface area contributed by atoms with Gasteiger partial charge in [0.05, 0.1) is 11.1 Å². The van der Waals surface area contributed by atoms with Crippen LogP contribution in [0.5, 0.6) is 0 Å². The Labute approximate surface area is 147 Å². The number of hydrogen-bond acceptors (Lipinski definition) is 2. The van der Waals surface area contributed by atoms with E-state index in [0.717, 1.165) is 12.1 Å². The number of hydrogen-bond donors (Lipinski definition) is 2. The highest BCUT2D eigenvalue weighted by Crippen LogP contribution is 2.37. The van der Waals surface area contributed by atoms with E-state index in [-0.39, 0.29) is 23.9 Å².